The van der Waals surface area contributed by atoms with Gasteiger partial charge in [0.1, 0.15) is 0 Å². The lowest BCUT2D eigenvalue weighted by molar-refractivity contribution is 0.478. The van der Waals surface area contributed by atoms with Crippen molar-refractivity contribution in [1.82, 2.24) is 24.8 Å². The Hall–Kier alpha value is -1.65. The molecule has 4 rings (SSSR count). The maximum Gasteiger partial charge on any atom is 0.0852 e. The first-order chi connectivity index (χ1) is 13.7. The molecule has 0 N–H and O–H groups in total. The summed E-state index contributed by atoms with van der Waals surface area (Å²) in [6, 6.07) is 0.916. The van der Waals surface area contributed by atoms with Gasteiger partial charge in [-0.3, -0.25) is 4.68 Å². The number of rotatable bonds is 4. The van der Waals surface area contributed by atoms with Crippen molar-refractivity contribution in [3.63, 3.8) is 0 Å². The molecule has 2 aromatic heterocycles. The fourth-order valence-corrected chi connectivity index (χ4v) is 5.06. The Morgan fingerprint density at radius 2 is 1.55 bits per heavy atom. The standard InChI is InChI=1S/C16H26N2.C8H15N3/c1-10(2)16-13-6-5-12-9-17-18(11(3)4)15(12)8-7-14(13)16;1-6(2)8-5-11(7(3)4)10-9-8/h9-11,13-14,16H,5-8H2,1-4H3;5-7H,1-4H3. The Labute approximate surface area is 177 Å². The zero-order valence-electron chi connectivity index (χ0n) is 19.8. The van der Waals surface area contributed by atoms with E-state index in [0.29, 0.717) is 18.0 Å². The van der Waals surface area contributed by atoms with E-state index in [2.05, 4.69) is 81.7 Å². The second kappa shape index (κ2) is 9.01. The molecule has 162 valence electrons. The summed E-state index contributed by atoms with van der Waals surface area (Å²) in [5.74, 6) is 4.38. The van der Waals surface area contributed by atoms with Crippen molar-refractivity contribution in [2.45, 2.75) is 99.1 Å². The van der Waals surface area contributed by atoms with Gasteiger partial charge in [0.05, 0.1) is 11.9 Å². The minimum Gasteiger partial charge on any atom is -0.267 e. The Balaban J connectivity index is 0.000000188. The lowest BCUT2D eigenvalue weighted by Crippen LogP contribution is -2.10. The number of aryl methyl sites for hydroxylation is 1. The molecule has 0 aliphatic heterocycles. The van der Waals surface area contributed by atoms with Crippen molar-refractivity contribution in [3.05, 3.63) is 29.3 Å². The van der Waals surface area contributed by atoms with Gasteiger partial charge in [-0.05, 0) is 88.5 Å². The third-order valence-corrected chi connectivity index (χ3v) is 6.75. The molecule has 0 spiro atoms. The normalized spacial score (nSPS) is 23.5. The smallest absolute Gasteiger partial charge is 0.0852 e. The van der Waals surface area contributed by atoms with E-state index >= 15 is 0 Å². The highest BCUT2D eigenvalue weighted by molar-refractivity contribution is 5.21. The van der Waals surface area contributed by atoms with E-state index in [1.807, 2.05) is 10.9 Å². The van der Waals surface area contributed by atoms with Crippen LogP contribution in [0, 0.1) is 23.7 Å². The fraction of sp³-hybridized carbons (Fsp3) is 0.792. The highest BCUT2D eigenvalue weighted by Crippen LogP contribution is 2.56. The van der Waals surface area contributed by atoms with Crippen LogP contribution in [0.1, 0.15) is 103 Å². The average Bonchev–Trinajstić information content (AvgIpc) is 2.99. The van der Waals surface area contributed by atoms with Crippen LogP contribution in [-0.4, -0.2) is 24.8 Å². The van der Waals surface area contributed by atoms with Crippen molar-refractivity contribution >= 4 is 0 Å². The molecule has 1 saturated carbocycles. The molecule has 0 saturated heterocycles. The van der Waals surface area contributed by atoms with Crippen LogP contribution in [0.3, 0.4) is 0 Å². The molecule has 1 fully saturated rings. The average molecular weight is 400 g/mol. The molecule has 2 aromatic rings. The molecule has 0 amide bonds. The number of fused-ring (bicyclic) bond motifs is 2. The summed E-state index contributed by atoms with van der Waals surface area (Å²) >= 11 is 0. The van der Waals surface area contributed by atoms with Crippen LogP contribution in [0.4, 0.5) is 0 Å². The Bertz CT molecular complexity index is 761. The first kappa shape index (κ1) is 22.0. The van der Waals surface area contributed by atoms with E-state index in [-0.39, 0.29) is 0 Å². The first-order valence-corrected chi connectivity index (χ1v) is 11.7. The first-order valence-electron chi connectivity index (χ1n) is 11.7. The lowest BCUT2D eigenvalue weighted by atomic mass is 9.99. The van der Waals surface area contributed by atoms with E-state index in [0.717, 1.165) is 29.4 Å². The second-order valence-electron chi connectivity index (χ2n) is 10.3. The summed E-state index contributed by atoms with van der Waals surface area (Å²) in [4.78, 5) is 0. The van der Waals surface area contributed by atoms with Gasteiger partial charge in [0.25, 0.3) is 0 Å². The molecule has 3 atom stereocenters. The minimum atomic E-state index is 0.412. The van der Waals surface area contributed by atoms with Gasteiger partial charge in [0, 0.05) is 24.0 Å². The molecule has 0 radical (unpaired) electrons. The molecular weight excluding hydrogens is 358 g/mol. The molecule has 2 aliphatic rings. The molecule has 29 heavy (non-hydrogen) atoms. The molecule has 2 heterocycles. The van der Waals surface area contributed by atoms with Gasteiger partial charge in [0.2, 0.25) is 0 Å². The predicted molar refractivity (Wildman–Crippen MR) is 119 cm³/mol. The maximum atomic E-state index is 4.59. The van der Waals surface area contributed by atoms with Crippen molar-refractivity contribution in [2.75, 3.05) is 0 Å². The summed E-state index contributed by atoms with van der Waals surface area (Å²) in [5.41, 5.74) is 4.12. The van der Waals surface area contributed by atoms with Crippen LogP contribution < -0.4 is 0 Å². The maximum absolute atomic E-state index is 4.59. The molecule has 0 bridgehead atoms. The number of hydrogen-bond acceptors (Lipinski definition) is 3. The molecule has 2 aliphatic carbocycles. The Kier molecular flexibility index (Phi) is 6.85. The monoisotopic (exact) mass is 399 g/mol. The van der Waals surface area contributed by atoms with Crippen molar-refractivity contribution in [2.24, 2.45) is 23.7 Å². The predicted octanol–water partition coefficient (Wildman–Crippen LogP) is 5.84. The van der Waals surface area contributed by atoms with Crippen LogP contribution in [0.25, 0.3) is 0 Å². The third kappa shape index (κ3) is 4.92. The van der Waals surface area contributed by atoms with E-state index in [1.54, 1.807) is 0 Å². The second-order valence-corrected chi connectivity index (χ2v) is 10.3. The van der Waals surface area contributed by atoms with Crippen LogP contribution in [0.15, 0.2) is 12.4 Å². The van der Waals surface area contributed by atoms with Crippen molar-refractivity contribution in [1.29, 1.82) is 0 Å². The van der Waals surface area contributed by atoms with Gasteiger partial charge in [0.15, 0.2) is 0 Å². The number of hydrogen-bond donors (Lipinski definition) is 0. The summed E-state index contributed by atoms with van der Waals surface area (Å²) in [7, 11) is 0. The van der Waals surface area contributed by atoms with Crippen LogP contribution in [-0.2, 0) is 12.8 Å². The Morgan fingerprint density at radius 1 is 0.897 bits per heavy atom. The van der Waals surface area contributed by atoms with Gasteiger partial charge >= 0.3 is 0 Å². The van der Waals surface area contributed by atoms with E-state index < -0.39 is 0 Å². The SMILES string of the molecule is CC(C)C1C2CCc3cnn(C(C)C)c3CCC21.CC(C)c1cn(C(C)C)nn1. The summed E-state index contributed by atoms with van der Waals surface area (Å²) in [6.45, 7) is 17.7. The summed E-state index contributed by atoms with van der Waals surface area (Å²) < 4.78 is 4.14. The molecule has 0 aromatic carbocycles. The van der Waals surface area contributed by atoms with Gasteiger partial charge in [-0.15, -0.1) is 5.10 Å². The van der Waals surface area contributed by atoms with E-state index in [1.165, 1.54) is 36.9 Å². The van der Waals surface area contributed by atoms with Gasteiger partial charge in [-0.1, -0.05) is 32.9 Å². The fourth-order valence-electron chi connectivity index (χ4n) is 5.06. The Morgan fingerprint density at radius 3 is 2.03 bits per heavy atom. The topological polar surface area (TPSA) is 48.5 Å². The third-order valence-electron chi connectivity index (χ3n) is 6.75. The largest absolute Gasteiger partial charge is 0.267 e. The molecular formula is C24H41N5. The van der Waals surface area contributed by atoms with E-state index in [4.69, 9.17) is 0 Å². The zero-order chi connectivity index (χ0) is 21.3. The van der Waals surface area contributed by atoms with E-state index in [9.17, 15) is 0 Å². The lowest BCUT2D eigenvalue weighted by Gasteiger charge is -2.14. The molecule has 3 unspecified atom stereocenters. The highest BCUT2D eigenvalue weighted by atomic mass is 15.4. The highest BCUT2D eigenvalue weighted by Gasteiger charge is 2.50. The van der Waals surface area contributed by atoms with Crippen LogP contribution in [0.5, 0.6) is 0 Å². The van der Waals surface area contributed by atoms with Gasteiger partial charge < -0.3 is 0 Å². The van der Waals surface area contributed by atoms with Crippen LogP contribution in [0.2, 0.25) is 0 Å². The van der Waals surface area contributed by atoms with Gasteiger partial charge in [-0.2, -0.15) is 5.10 Å². The summed E-state index contributed by atoms with van der Waals surface area (Å²) in [5, 5.41) is 12.6. The van der Waals surface area contributed by atoms with Crippen molar-refractivity contribution in [3.8, 4) is 0 Å². The molecule has 5 heteroatoms. The molecule has 5 nitrogen and oxygen atoms in total. The van der Waals surface area contributed by atoms with Crippen molar-refractivity contribution < 1.29 is 0 Å². The van der Waals surface area contributed by atoms with Crippen LogP contribution >= 0.6 is 0 Å². The number of aromatic nitrogens is 5. The van der Waals surface area contributed by atoms with Gasteiger partial charge in [-0.25, -0.2) is 4.68 Å². The minimum absolute atomic E-state index is 0.412. The number of nitrogens with zero attached hydrogens (tertiary/aromatic N) is 5. The zero-order valence-corrected chi connectivity index (χ0v) is 19.8. The summed E-state index contributed by atoms with van der Waals surface area (Å²) in [6.07, 6.45) is 9.42. The quantitative estimate of drug-likeness (QED) is 0.648.